The van der Waals surface area contributed by atoms with Gasteiger partial charge in [-0.05, 0) is 47.3 Å². The zero-order valence-electron chi connectivity index (χ0n) is 8.00. The minimum absolute atomic E-state index is 0.340. The molecular weight excluding hydrogens is 260 g/mol. The Balaban J connectivity index is 1.90. The number of nitrogens with one attached hydrogen (secondary N) is 1. The number of halogens is 1. The number of thiophene rings is 1. The third kappa shape index (κ3) is 2.79. The predicted octanol–water partition coefficient (Wildman–Crippen LogP) is 2.51. The van der Waals surface area contributed by atoms with Crippen LogP contribution in [-0.4, -0.2) is 13.1 Å². The summed E-state index contributed by atoms with van der Waals surface area (Å²) in [6, 6.07) is 2.49. The van der Waals surface area contributed by atoms with E-state index in [-0.39, 0.29) is 0 Å². The molecule has 1 saturated carbocycles. The maximum Gasteiger partial charge on any atom is 0.0539 e. The molecule has 14 heavy (non-hydrogen) atoms. The second-order valence-corrected chi connectivity index (χ2v) is 5.67. The van der Waals surface area contributed by atoms with E-state index in [9.17, 15) is 0 Å². The molecule has 0 aromatic carbocycles. The van der Waals surface area contributed by atoms with Gasteiger partial charge in [0.05, 0.1) is 6.04 Å². The van der Waals surface area contributed by atoms with Gasteiger partial charge < -0.3 is 11.1 Å². The highest BCUT2D eigenvalue weighted by molar-refractivity contribution is 9.10. The first-order valence-electron chi connectivity index (χ1n) is 4.97. The third-order valence-corrected chi connectivity index (χ3v) is 4.32. The van der Waals surface area contributed by atoms with Crippen LogP contribution in [0.15, 0.2) is 15.9 Å². The average Bonchev–Trinajstić information content (AvgIpc) is 2.90. The van der Waals surface area contributed by atoms with Crippen molar-refractivity contribution in [3.05, 3.63) is 20.8 Å². The highest BCUT2D eigenvalue weighted by Gasteiger charge is 2.22. The van der Waals surface area contributed by atoms with Gasteiger partial charge >= 0.3 is 0 Å². The van der Waals surface area contributed by atoms with Crippen molar-refractivity contribution in [3.63, 3.8) is 0 Å². The van der Waals surface area contributed by atoms with Gasteiger partial charge in [0.1, 0.15) is 0 Å². The van der Waals surface area contributed by atoms with Crippen LogP contribution < -0.4 is 11.1 Å². The molecule has 4 heteroatoms. The standard InChI is InChI=1S/C10H15BrN2S/c11-8-3-10(14-6-8)9(4-12)13-5-7-1-2-7/h3,6-7,9,13H,1-2,4-5,12H2. The Bertz CT molecular complexity index is 296. The van der Waals surface area contributed by atoms with E-state index in [1.165, 1.54) is 17.7 Å². The van der Waals surface area contributed by atoms with E-state index >= 15 is 0 Å². The molecule has 3 N–H and O–H groups in total. The highest BCUT2D eigenvalue weighted by atomic mass is 79.9. The van der Waals surface area contributed by atoms with Crippen molar-refractivity contribution in [2.24, 2.45) is 11.7 Å². The Morgan fingerprint density at radius 3 is 2.93 bits per heavy atom. The van der Waals surface area contributed by atoms with E-state index in [2.05, 4.69) is 32.7 Å². The summed E-state index contributed by atoms with van der Waals surface area (Å²) in [4.78, 5) is 1.33. The van der Waals surface area contributed by atoms with E-state index in [1.807, 2.05) is 0 Å². The van der Waals surface area contributed by atoms with Gasteiger partial charge in [0.25, 0.3) is 0 Å². The van der Waals surface area contributed by atoms with Crippen LogP contribution in [0.1, 0.15) is 23.8 Å². The molecule has 1 aliphatic rings. The van der Waals surface area contributed by atoms with Gasteiger partial charge in [-0.2, -0.15) is 0 Å². The van der Waals surface area contributed by atoms with Crippen molar-refractivity contribution in [1.82, 2.24) is 5.32 Å². The molecule has 1 aliphatic carbocycles. The van der Waals surface area contributed by atoms with E-state index in [4.69, 9.17) is 5.73 Å². The fourth-order valence-corrected chi connectivity index (χ4v) is 2.98. The molecule has 1 atom stereocenters. The van der Waals surface area contributed by atoms with E-state index < -0.39 is 0 Å². The van der Waals surface area contributed by atoms with Crippen LogP contribution in [0.3, 0.4) is 0 Å². The predicted molar refractivity (Wildman–Crippen MR) is 64.5 cm³/mol. The SMILES string of the molecule is NCC(NCC1CC1)c1cc(Br)cs1. The molecule has 1 heterocycles. The molecule has 0 amide bonds. The van der Waals surface area contributed by atoms with Crippen LogP contribution in [0, 0.1) is 5.92 Å². The smallest absolute Gasteiger partial charge is 0.0539 e. The van der Waals surface area contributed by atoms with Gasteiger partial charge in [0.2, 0.25) is 0 Å². The van der Waals surface area contributed by atoms with Crippen LogP contribution in [0.2, 0.25) is 0 Å². The van der Waals surface area contributed by atoms with E-state index in [1.54, 1.807) is 11.3 Å². The van der Waals surface area contributed by atoms with Crippen LogP contribution in [-0.2, 0) is 0 Å². The highest BCUT2D eigenvalue weighted by Crippen LogP contribution is 2.30. The van der Waals surface area contributed by atoms with Crippen molar-refractivity contribution >= 4 is 27.3 Å². The third-order valence-electron chi connectivity index (χ3n) is 2.52. The van der Waals surface area contributed by atoms with Crippen LogP contribution >= 0.6 is 27.3 Å². The molecule has 1 aromatic heterocycles. The van der Waals surface area contributed by atoms with Crippen molar-refractivity contribution in [2.75, 3.05) is 13.1 Å². The second-order valence-electron chi connectivity index (χ2n) is 3.81. The molecule has 0 bridgehead atoms. The Hall–Kier alpha value is 0.1000. The van der Waals surface area contributed by atoms with Gasteiger partial charge in [0, 0.05) is 21.3 Å². The number of hydrogen-bond acceptors (Lipinski definition) is 3. The normalized spacial score (nSPS) is 18.4. The van der Waals surface area contributed by atoms with Gasteiger partial charge in [-0.3, -0.25) is 0 Å². The largest absolute Gasteiger partial charge is 0.329 e. The first-order chi connectivity index (χ1) is 6.79. The molecule has 2 rings (SSSR count). The van der Waals surface area contributed by atoms with Crippen molar-refractivity contribution in [2.45, 2.75) is 18.9 Å². The number of hydrogen-bond donors (Lipinski definition) is 2. The molecule has 0 saturated heterocycles. The quantitative estimate of drug-likeness (QED) is 0.866. The monoisotopic (exact) mass is 274 g/mol. The average molecular weight is 275 g/mol. The Morgan fingerprint density at radius 1 is 1.64 bits per heavy atom. The first-order valence-corrected chi connectivity index (χ1v) is 6.64. The minimum atomic E-state index is 0.340. The summed E-state index contributed by atoms with van der Waals surface area (Å²) in [6.07, 6.45) is 2.77. The lowest BCUT2D eigenvalue weighted by atomic mass is 10.2. The van der Waals surface area contributed by atoms with Crippen molar-refractivity contribution in [3.8, 4) is 0 Å². The summed E-state index contributed by atoms with van der Waals surface area (Å²) in [5, 5.41) is 5.63. The Kier molecular flexibility index (Phi) is 3.60. The fourth-order valence-electron chi connectivity index (χ4n) is 1.44. The van der Waals surface area contributed by atoms with E-state index in [0.29, 0.717) is 12.6 Å². The lowest BCUT2D eigenvalue weighted by Gasteiger charge is -2.14. The van der Waals surface area contributed by atoms with Gasteiger partial charge in [0.15, 0.2) is 0 Å². The van der Waals surface area contributed by atoms with Crippen molar-refractivity contribution in [1.29, 1.82) is 0 Å². The Morgan fingerprint density at radius 2 is 2.43 bits per heavy atom. The molecule has 0 spiro atoms. The molecule has 1 aromatic rings. The zero-order chi connectivity index (χ0) is 9.97. The van der Waals surface area contributed by atoms with Gasteiger partial charge in [-0.15, -0.1) is 11.3 Å². The van der Waals surface area contributed by atoms with Gasteiger partial charge in [-0.25, -0.2) is 0 Å². The zero-order valence-corrected chi connectivity index (χ0v) is 10.4. The maximum absolute atomic E-state index is 5.75. The molecule has 2 nitrogen and oxygen atoms in total. The molecule has 1 fully saturated rings. The molecular formula is C10H15BrN2S. The molecule has 78 valence electrons. The fraction of sp³-hybridized carbons (Fsp3) is 0.600. The van der Waals surface area contributed by atoms with Crippen LogP contribution in [0.5, 0.6) is 0 Å². The van der Waals surface area contributed by atoms with Crippen LogP contribution in [0.25, 0.3) is 0 Å². The summed E-state index contributed by atoms with van der Waals surface area (Å²) in [5.74, 6) is 0.910. The summed E-state index contributed by atoms with van der Waals surface area (Å²) >= 11 is 5.23. The van der Waals surface area contributed by atoms with Gasteiger partial charge in [-0.1, -0.05) is 0 Å². The first kappa shape index (κ1) is 10.6. The number of nitrogens with two attached hydrogens (primary N) is 1. The maximum atomic E-state index is 5.75. The lowest BCUT2D eigenvalue weighted by Crippen LogP contribution is -2.29. The topological polar surface area (TPSA) is 38.0 Å². The summed E-state index contributed by atoms with van der Waals surface area (Å²) in [7, 11) is 0. The number of rotatable bonds is 5. The van der Waals surface area contributed by atoms with E-state index in [0.717, 1.165) is 16.9 Å². The van der Waals surface area contributed by atoms with Crippen LogP contribution in [0.4, 0.5) is 0 Å². The molecule has 1 unspecified atom stereocenters. The summed E-state index contributed by atoms with van der Waals surface area (Å²) < 4.78 is 1.16. The summed E-state index contributed by atoms with van der Waals surface area (Å²) in [6.45, 7) is 1.80. The summed E-state index contributed by atoms with van der Waals surface area (Å²) in [5.41, 5.74) is 5.75. The molecule has 0 aliphatic heterocycles. The minimum Gasteiger partial charge on any atom is -0.329 e. The molecule has 0 radical (unpaired) electrons. The second kappa shape index (κ2) is 4.75. The van der Waals surface area contributed by atoms with Crippen molar-refractivity contribution < 1.29 is 0 Å². The lowest BCUT2D eigenvalue weighted by molar-refractivity contribution is 0.528. The Labute approximate surface area is 97.0 Å².